The van der Waals surface area contributed by atoms with Crippen LogP contribution in [0.25, 0.3) is 11.1 Å². The zero-order valence-corrected chi connectivity index (χ0v) is 24.2. The molecule has 8 nitrogen and oxygen atoms in total. The third-order valence-electron chi connectivity index (χ3n) is 7.54. The normalized spacial score (nSPS) is 16.4. The van der Waals surface area contributed by atoms with Gasteiger partial charge in [0.05, 0.1) is 0 Å². The summed E-state index contributed by atoms with van der Waals surface area (Å²) in [4.78, 5) is 18.5. The van der Waals surface area contributed by atoms with Crippen LogP contribution in [-0.4, -0.2) is 47.0 Å². The van der Waals surface area contributed by atoms with E-state index in [1.165, 1.54) is 32.1 Å². The molecule has 4 N–H and O–H groups in total. The summed E-state index contributed by atoms with van der Waals surface area (Å²) >= 11 is 0. The number of fused-ring (bicyclic) bond motifs is 1. The second kappa shape index (κ2) is 14.2. The molecule has 218 valence electrons. The van der Waals surface area contributed by atoms with Gasteiger partial charge >= 0.3 is 8.60 Å². The number of aliphatic hydroxyl groups excluding tert-OH is 1. The summed E-state index contributed by atoms with van der Waals surface area (Å²) in [6.07, 6.45) is 6.35. The molecule has 0 bridgehead atoms. The van der Waals surface area contributed by atoms with Crippen molar-refractivity contribution in [3.8, 4) is 23.0 Å². The fourth-order valence-corrected chi connectivity index (χ4v) is 5.79. The van der Waals surface area contributed by atoms with Crippen molar-refractivity contribution in [2.45, 2.75) is 57.6 Å². The van der Waals surface area contributed by atoms with Gasteiger partial charge in [0.15, 0.2) is 11.5 Å². The number of hydrogen-bond donors (Lipinski definition) is 4. The van der Waals surface area contributed by atoms with Crippen LogP contribution in [0.15, 0.2) is 66.7 Å². The summed E-state index contributed by atoms with van der Waals surface area (Å²) in [6.45, 7) is 3.07. The van der Waals surface area contributed by atoms with Crippen LogP contribution in [0.5, 0.6) is 23.0 Å². The number of aliphatic hydroxyl groups is 1. The van der Waals surface area contributed by atoms with Gasteiger partial charge in [0.25, 0.3) is 0 Å². The highest BCUT2D eigenvalue weighted by molar-refractivity contribution is 7.39. The fourth-order valence-electron chi connectivity index (χ4n) is 5.48. The second-order valence-electron chi connectivity index (χ2n) is 10.4. The Balaban J connectivity index is 1.37. The van der Waals surface area contributed by atoms with Gasteiger partial charge in [-0.1, -0.05) is 56.5 Å². The number of benzene rings is 3. The number of rotatable bonds is 12. The van der Waals surface area contributed by atoms with Crippen molar-refractivity contribution in [2.24, 2.45) is 0 Å². The molecule has 0 amide bonds. The van der Waals surface area contributed by atoms with Crippen LogP contribution in [0.4, 0.5) is 0 Å². The molecule has 1 atom stereocenters. The van der Waals surface area contributed by atoms with E-state index in [1.54, 1.807) is 12.1 Å². The van der Waals surface area contributed by atoms with Crippen LogP contribution in [0.3, 0.4) is 0 Å². The lowest BCUT2D eigenvalue weighted by Gasteiger charge is -2.24. The summed E-state index contributed by atoms with van der Waals surface area (Å²) in [6, 6.07) is 21.6. The topological polar surface area (TPSA) is 110 Å². The molecule has 1 saturated carbocycles. The molecule has 0 saturated heterocycles. The molecule has 0 aromatic heterocycles. The predicted octanol–water partition coefficient (Wildman–Crippen LogP) is 6.04. The van der Waals surface area contributed by atoms with Crippen LogP contribution < -0.4 is 24.1 Å². The van der Waals surface area contributed by atoms with Crippen molar-refractivity contribution in [3.05, 3.63) is 83.4 Å². The quantitative estimate of drug-likeness (QED) is 0.152. The Morgan fingerprint density at radius 1 is 0.878 bits per heavy atom. The van der Waals surface area contributed by atoms with E-state index in [1.807, 2.05) is 54.6 Å². The summed E-state index contributed by atoms with van der Waals surface area (Å²) in [5, 5.41) is 13.9. The van der Waals surface area contributed by atoms with E-state index in [4.69, 9.17) is 18.7 Å². The van der Waals surface area contributed by atoms with Crippen LogP contribution >= 0.6 is 8.60 Å². The largest absolute Gasteiger partial charge is 0.491 e. The minimum absolute atomic E-state index is 0.212. The van der Waals surface area contributed by atoms with Gasteiger partial charge in [-0.2, -0.15) is 0 Å². The maximum absolute atomic E-state index is 10.5. The van der Waals surface area contributed by atoms with E-state index in [0.717, 1.165) is 45.8 Å². The first-order chi connectivity index (χ1) is 20.0. The molecule has 2 aliphatic rings. The lowest BCUT2D eigenvalue weighted by atomic mass is 9.88. The zero-order chi connectivity index (χ0) is 28.6. The molecule has 41 heavy (non-hydrogen) atoms. The molecular weight excluding hydrogens is 541 g/mol. The third-order valence-corrected chi connectivity index (χ3v) is 7.91. The SMILES string of the molecule is CCC(=C(c1ccc(OCC(O)CNC2CCCCC2)cc1)c1ccc(OP(O)O)cc1)c1ccc2c(c1)OCO2. The average molecular weight is 580 g/mol. The minimum Gasteiger partial charge on any atom is -0.491 e. The first kappa shape index (κ1) is 29.4. The molecule has 3 aromatic carbocycles. The van der Waals surface area contributed by atoms with E-state index in [-0.39, 0.29) is 13.4 Å². The molecule has 9 heteroatoms. The standard InChI is InChI=1S/C32H38NO7P/c1-2-29(24-12-17-30-31(18-24)39-21-38-30)32(23-10-15-28(16-11-23)40-41(35)36)22-8-13-27(14-9-22)37-20-26(34)19-33-25-6-4-3-5-7-25/h8-18,25-26,33-36H,2-7,19-21H2,1H3. The number of ether oxygens (including phenoxy) is 3. The fraction of sp³-hybridized carbons (Fsp3) is 0.375. The predicted molar refractivity (Wildman–Crippen MR) is 160 cm³/mol. The van der Waals surface area contributed by atoms with Crippen molar-refractivity contribution in [2.75, 3.05) is 19.9 Å². The van der Waals surface area contributed by atoms with Gasteiger partial charge in [-0.15, -0.1) is 0 Å². The number of hydrogen-bond acceptors (Lipinski definition) is 8. The molecule has 0 radical (unpaired) electrons. The highest BCUT2D eigenvalue weighted by Gasteiger charge is 2.19. The Bertz CT molecular complexity index is 1300. The maximum Gasteiger partial charge on any atom is 0.391 e. The molecule has 1 aliphatic carbocycles. The maximum atomic E-state index is 10.5. The van der Waals surface area contributed by atoms with E-state index in [9.17, 15) is 14.9 Å². The molecule has 1 heterocycles. The molecule has 0 spiro atoms. The second-order valence-corrected chi connectivity index (χ2v) is 11.1. The van der Waals surface area contributed by atoms with Gasteiger partial charge in [0, 0.05) is 12.6 Å². The van der Waals surface area contributed by atoms with Crippen molar-refractivity contribution in [1.29, 1.82) is 0 Å². The Hall–Kier alpha value is -3.13. The Labute approximate surface area is 242 Å². The molecule has 1 fully saturated rings. The Morgan fingerprint density at radius 2 is 1.51 bits per heavy atom. The van der Waals surface area contributed by atoms with E-state index in [2.05, 4.69) is 12.2 Å². The summed E-state index contributed by atoms with van der Waals surface area (Å²) in [7, 11) is -2.49. The summed E-state index contributed by atoms with van der Waals surface area (Å²) in [5.41, 5.74) is 5.10. The lowest BCUT2D eigenvalue weighted by Crippen LogP contribution is -2.38. The Kier molecular flexibility index (Phi) is 10.1. The smallest absolute Gasteiger partial charge is 0.391 e. The van der Waals surface area contributed by atoms with Gasteiger partial charge in [-0.3, -0.25) is 0 Å². The number of nitrogens with one attached hydrogen (secondary N) is 1. The molecule has 3 aromatic rings. The van der Waals surface area contributed by atoms with Gasteiger partial charge in [0.2, 0.25) is 6.79 Å². The highest BCUT2D eigenvalue weighted by Crippen LogP contribution is 2.40. The molecular formula is C32H38NO7P. The minimum atomic E-state index is -2.49. The molecule has 1 aliphatic heterocycles. The van der Waals surface area contributed by atoms with Gasteiger partial charge in [0.1, 0.15) is 24.2 Å². The highest BCUT2D eigenvalue weighted by atomic mass is 31.2. The zero-order valence-electron chi connectivity index (χ0n) is 23.3. The van der Waals surface area contributed by atoms with Crippen molar-refractivity contribution in [3.63, 3.8) is 0 Å². The van der Waals surface area contributed by atoms with Gasteiger partial charge in [-0.05, 0) is 83.5 Å². The first-order valence-electron chi connectivity index (χ1n) is 14.2. The van der Waals surface area contributed by atoms with Crippen LogP contribution in [-0.2, 0) is 0 Å². The van der Waals surface area contributed by atoms with Crippen LogP contribution in [0.1, 0.15) is 62.1 Å². The van der Waals surface area contributed by atoms with E-state index >= 15 is 0 Å². The average Bonchev–Trinajstić information content (AvgIpc) is 3.47. The van der Waals surface area contributed by atoms with Gasteiger partial charge in [-0.25, -0.2) is 0 Å². The van der Waals surface area contributed by atoms with Gasteiger partial charge < -0.3 is 38.9 Å². The van der Waals surface area contributed by atoms with Crippen molar-refractivity contribution >= 4 is 19.7 Å². The monoisotopic (exact) mass is 579 g/mol. The van der Waals surface area contributed by atoms with E-state index < -0.39 is 14.7 Å². The Morgan fingerprint density at radius 3 is 2.17 bits per heavy atom. The summed E-state index contributed by atoms with van der Waals surface area (Å²) < 4.78 is 22.2. The van der Waals surface area contributed by atoms with Crippen LogP contribution in [0, 0.1) is 0 Å². The summed E-state index contributed by atoms with van der Waals surface area (Å²) in [5.74, 6) is 2.52. The first-order valence-corrected chi connectivity index (χ1v) is 15.4. The molecule has 1 unspecified atom stereocenters. The van der Waals surface area contributed by atoms with Crippen LogP contribution in [0.2, 0.25) is 0 Å². The van der Waals surface area contributed by atoms with Crippen molar-refractivity contribution in [1.82, 2.24) is 5.32 Å². The lowest BCUT2D eigenvalue weighted by molar-refractivity contribution is 0.102. The van der Waals surface area contributed by atoms with E-state index in [0.29, 0.717) is 24.1 Å². The number of allylic oxidation sites excluding steroid dienone is 1. The third kappa shape index (κ3) is 7.79. The molecule has 5 rings (SSSR count). The van der Waals surface area contributed by atoms with Crippen molar-refractivity contribution < 1.29 is 33.6 Å².